The molecule has 0 N–H and O–H groups in total. The fourth-order valence-electron chi connectivity index (χ4n) is 1.97. The molecular weight excluding hydrogens is 304 g/mol. The number of fused-ring (bicyclic) bond motifs is 1. The summed E-state index contributed by atoms with van der Waals surface area (Å²) in [6.45, 7) is 6.30. The third kappa shape index (κ3) is 2.93. The van der Waals surface area contributed by atoms with Crippen molar-refractivity contribution < 1.29 is 9.26 Å². The first kappa shape index (κ1) is 14.9. The van der Waals surface area contributed by atoms with Crippen molar-refractivity contribution in [3.8, 4) is 0 Å². The van der Waals surface area contributed by atoms with Gasteiger partial charge < -0.3 is 9.26 Å². The molecular formula is C14H16N4O3S. The molecule has 8 heteroatoms. The van der Waals surface area contributed by atoms with E-state index in [1.807, 2.05) is 26.2 Å². The minimum absolute atomic E-state index is 0.0956. The van der Waals surface area contributed by atoms with E-state index in [0.29, 0.717) is 16.4 Å². The third-order valence-corrected chi connectivity index (χ3v) is 4.16. The van der Waals surface area contributed by atoms with Crippen LogP contribution in [0.2, 0.25) is 0 Å². The highest BCUT2D eigenvalue weighted by atomic mass is 32.1. The van der Waals surface area contributed by atoms with Gasteiger partial charge in [-0.3, -0.25) is 9.36 Å². The van der Waals surface area contributed by atoms with E-state index in [0.717, 1.165) is 11.1 Å². The first-order valence-corrected chi connectivity index (χ1v) is 7.79. The Morgan fingerprint density at radius 2 is 2.27 bits per heavy atom. The lowest BCUT2D eigenvalue weighted by atomic mass is 10.3. The van der Waals surface area contributed by atoms with Crippen LogP contribution in [-0.4, -0.2) is 25.8 Å². The second-order valence-corrected chi connectivity index (χ2v) is 6.12. The zero-order valence-electron chi connectivity index (χ0n) is 12.6. The van der Waals surface area contributed by atoms with Crippen LogP contribution in [0.1, 0.15) is 31.1 Å². The lowest BCUT2D eigenvalue weighted by Crippen LogP contribution is -2.20. The van der Waals surface area contributed by atoms with Crippen molar-refractivity contribution in [2.24, 2.45) is 0 Å². The van der Waals surface area contributed by atoms with Crippen molar-refractivity contribution in [1.82, 2.24) is 19.7 Å². The number of hydrogen-bond donors (Lipinski definition) is 0. The highest BCUT2D eigenvalue weighted by Gasteiger charge is 2.12. The lowest BCUT2D eigenvalue weighted by Gasteiger charge is -2.02. The number of thiophene rings is 1. The summed E-state index contributed by atoms with van der Waals surface area (Å²) in [5, 5.41) is 5.76. The first-order valence-electron chi connectivity index (χ1n) is 6.91. The van der Waals surface area contributed by atoms with Crippen LogP contribution in [0, 0.1) is 6.92 Å². The summed E-state index contributed by atoms with van der Waals surface area (Å²) in [5.41, 5.74) is 1.67. The molecule has 0 aromatic carbocycles. The third-order valence-electron chi connectivity index (χ3n) is 3.08. The Balaban J connectivity index is 1.81. The van der Waals surface area contributed by atoms with Gasteiger partial charge in [-0.1, -0.05) is 5.16 Å². The Kier molecular flexibility index (Phi) is 4.04. The van der Waals surface area contributed by atoms with Crippen LogP contribution in [0.5, 0.6) is 0 Å². The number of hydrogen-bond acceptors (Lipinski definition) is 7. The monoisotopic (exact) mass is 320 g/mol. The summed E-state index contributed by atoms with van der Waals surface area (Å²) in [6, 6.07) is 0. The molecule has 3 rings (SSSR count). The zero-order chi connectivity index (χ0) is 15.7. The van der Waals surface area contributed by atoms with Gasteiger partial charge in [-0.15, -0.1) is 11.3 Å². The Hall–Kier alpha value is -2.06. The van der Waals surface area contributed by atoms with E-state index in [1.54, 1.807) is 0 Å². The fraction of sp³-hybridized carbons (Fsp3) is 0.429. The molecule has 0 bridgehead atoms. The van der Waals surface area contributed by atoms with Gasteiger partial charge in [0, 0.05) is 0 Å². The highest BCUT2D eigenvalue weighted by Crippen LogP contribution is 2.19. The zero-order valence-corrected chi connectivity index (χ0v) is 13.4. The molecule has 22 heavy (non-hydrogen) atoms. The van der Waals surface area contributed by atoms with E-state index in [-0.39, 0.29) is 24.8 Å². The maximum atomic E-state index is 12.4. The number of rotatable bonds is 5. The van der Waals surface area contributed by atoms with E-state index >= 15 is 0 Å². The van der Waals surface area contributed by atoms with E-state index in [9.17, 15) is 4.79 Å². The smallest absolute Gasteiger partial charge is 0.271 e. The van der Waals surface area contributed by atoms with Crippen LogP contribution < -0.4 is 5.56 Å². The molecule has 0 aliphatic carbocycles. The number of aromatic nitrogens is 4. The van der Waals surface area contributed by atoms with E-state index < -0.39 is 0 Å². The molecule has 0 radical (unpaired) electrons. The maximum absolute atomic E-state index is 12.4. The van der Waals surface area contributed by atoms with Crippen LogP contribution in [-0.2, 0) is 17.9 Å². The van der Waals surface area contributed by atoms with Crippen LogP contribution >= 0.6 is 11.3 Å². The van der Waals surface area contributed by atoms with Gasteiger partial charge in [0.1, 0.15) is 17.9 Å². The highest BCUT2D eigenvalue weighted by molar-refractivity contribution is 7.17. The van der Waals surface area contributed by atoms with Crippen LogP contribution in [0.3, 0.4) is 0 Å². The van der Waals surface area contributed by atoms with Crippen LogP contribution in [0.4, 0.5) is 0 Å². The van der Waals surface area contributed by atoms with Crippen molar-refractivity contribution in [3.05, 3.63) is 39.3 Å². The van der Waals surface area contributed by atoms with Crippen molar-refractivity contribution >= 4 is 21.6 Å². The molecule has 3 aromatic heterocycles. The van der Waals surface area contributed by atoms with Crippen LogP contribution in [0.15, 0.2) is 21.0 Å². The summed E-state index contributed by atoms with van der Waals surface area (Å²) in [6.07, 6.45) is 1.61. The normalized spacial score (nSPS) is 11.6. The Morgan fingerprint density at radius 3 is 3.05 bits per heavy atom. The molecule has 0 atom stereocenters. The van der Waals surface area contributed by atoms with Gasteiger partial charge in [0.25, 0.3) is 5.56 Å². The molecule has 0 saturated heterocycles. The molecule has 116 valence electrons. The number of ether oxygens (including phenoxy) is 1. The summed E-state index contributed by atoms with van der Waals surface area (Å²) in [5.74, 6) is 0.830. The van der Waals surface area contributed by atoms with E-state index in [4.69, 9.17) is 9.26 Å². The summed E-state index contributed by atoms with van der Waals surface area (Å²) >= 11 is 1.40. The molecule has 0 saturated carbocycles. The summed E-state index contributed by atoms with van der Waals surface area (Å²) in [4.78, 5) is 20.9. The second-order valence-electron chi connectivity index (χ2n) is 5.24. The molecule has 0 fully saturated rings. The molecule has 0 unspecified atom stereocenters. The molecule has 7 nitrogen and oxygen atoms in total. The average molecular weight is 320 g/mol. The molecule has 3 heterocycles. The molecule has 0 amide bonds. The predicted molar refractivity (Wildman–Crippen MR) is 81.9 cm³/mol. The van der Waals surface area contributed by atoms with Crippen molar-refractivity contribution in [3.63, 3.8) is 0 Å². The Bertz CT molecular complexity index is 849. The molecule has 0 aliphatic heterocycles. The second kappa shape index (κ2) is 5.98. The topological polar surface area (TPSA) is 83.0 Å². The molecule has 0 aliphatic rings. The number of nitrogens with zero attached hydrogens (tertiary/aromatic N) is 4. The van der Waals surface area contributed by atoms with Crippen molar-refractivity contribution in [1.29, 1.82) is 0 Å². The predicted octanol–water partition coefficient (Wildman–Crippen LogP) is 2.12. The quantitative estimate of drug-likeness (QED) is 0.716. The lowest BCUT2D eigenvalue weighted by molar-refractivity contribution is 0.0601. The summed E-state index contributed by atoms with van der Waals surface area (Å²) in [7, 11) is 0. The van der Waals surface area contributed by atoms with Crippen molar-refractivity contribution in [2.75, 3.05) is 0 Å². The van der Waals surface area contributed by atoms with Gasteiger partial charge in [0.2, 0.25) is 5.89 Å². The standard InChI is InChI=1S/C14H16N4O3S/c1-8(2)20-5-10-16-11(21-17-10)4-18-7-15-12-9(3)6-22-13(12)14(18)19/h6-8H,4-5H2,1-3H3. The van der Waals surface area contributed by atoms with Gasteiger partial charge in [-0.05, 0) is 31.7 Å². The minimum Gasteiger partial charge on any atom is -0.371 e. The van der Waals surface area contributed by atoms with Gasteiger partial charge in [-0.2, -0.15) is 4.98 Å². The average Bonchev–Trinajstić information content (AvgIpc) is 3.07. The van der Waals surface area contributed by atoms with Gasteiger partial charge in [-0.25, -0.2) is 4.98 Å². The first-order chi connectivity index (χ1) is 10.5. The van der Waals surface area contributed by atoms with Crippen molar-refractivity contribution in [2.45, 2.75) is 40.0 Å². The largest absolute Gasteiger partial charge is 0.371 e. The summed E-state index contributed by atoms with van der Waals surface area (Å²) < 4.78 is 12.7. The fourth-order valence-corrected chi connectivity index (χ4v) is 2.92. The number of aryl methyl sites for hydroxylation is 1. The SMILES string of the molecule is Cc1csc2c(=O)n(Cc3nc(COC(C)C)no3)cnc12. The Morgan fingerprint density at radius 1 is 1.45 bits per heavy atom. The van der Waals surface area contributed by atoms with Gasteiger partial charge in [0.15, 0.2) is 5.82 Å². The van der Waals surface area contributed by atoms with Gasteiger partial charge >= 0.3 is 0 Å². The Labute approximate surface area is 130 Å². The van der Waals surface area contributed by atoms with Gasteiger partial charge in [0.05, 0.1) is 17.9 Å². The molecule has 3 aromatic rings. The maximum Gasteiger partial charge on any atom is 0.271 e. The van der Waals surface area contributed by atoms with E-state index in [2.05, 4.69) is 15.1 Å². The van der Waals surface area contributed by atoms with Crippen LogP contribution in [0.25, 0.3) is 10.2 Å². The minimum atomic E-state index is -0.0960. The van der Waals surface area contributed by atoms with E-state index in [1.165, 1.54) is 22.2 Å². The molecule has 0 spiro atoms.